The van der Waals surface area contributed by atoms with Crippen molar-refractivity contribution in [2.24, 2.45) is 0 Å². The lowest BCUT2D eigenvalue weighted by atomic mass is 10.2. The zero-order valence-corrected chi connectivity index (χ0v) is 9.54. The number of aliphatic hydroxyl groups is 1. The van der Waals surface area contributed by atoms with Crippen LogP contribution in [0.15, 0.2) is 11.6 Å². The molecule has 84 valence electrons. The summed E-state index contributed by atoms with van der Waals surface area (Å²) in [5.41, 5.74) is 0.600. The van der Waals surface area contributed by atoms with Gasteiger partial charge in [0, 0.05) is 17.7 Å². The molecular formula is C10H14O4S. The van der Waals surface area contributed by atoms with Crippen LogP contribution in [0.2, 0.25) is 0 Å². The van der Waals surface area contributed by atoms with Crippen molar-refractivity contribution in [3.8, 4) is 0 Å². The number of Topliss-reactive ketones (excluding diaryl/α,β-unsaturated/α-hetero) is 1. The number of rotatable bonds is 4. The van der Waals surface area contributed by atoms with Gasteiger partial charge in [-0.15, -0.1) is 11.8 Å². The highest BCUT2D eigenvalue weighted by Crippen LogP contribution is 2.22. The molecule has 0 heterocycles. The summed E-state index contributed by atoms with van der Waals surface area (Å²) in [7, 11) is 1.34. The first-order valence-electron chi connectivity index (χ1n) is 4.66. The fourth-order valence-electron chi connectivity index (χ4n) is 1.28. The van der Waals surface area contributed by atoms with Crippen LogP contribution in [0.5, 0.6) is 0 Å². The molecule has 0 aromatic heterocycles. The van der Waals surface area contributed by atoms with E-state index in [1.54, 1.807) is 13.0 Å². The Morgan fingerprint density at radius 3 is 2.93 bits per heavy atom. The number of ether oxygens (including phenoxy) is 1. The van der Waals surface area contributed by atoms with Gasteiger partial charge in [-0.25, -0.2) is 0 Å². The molecule has 0 saturated heterocycles. The minimum absolute atomic E-state index is 0.0351. The van der Waals surface area contributed by atoms with Gasteiger partial charge in [0.05, 0.1) is 18.5 Å². The number of hydrogen-bond donors (Lipinski definition) is 1. The normalized spacial score (nSPS) is 22.5. The Kier molecular flexibility index (Phi) is 4.35. The quantitative estimate of drug-likeness (QED) is 0.714. The van der Waals surface area contributed by atoms with Crippen molar-refractivity contribution in [1.29, 1.82) is 0 Å². The van der Waals surface area contributed by atoms with Crippen molar-refractivity contribution in [3.63, 3.8) is 0 Å². The Morgan fingerprint density at radius 1 is 1.80 bits per heavy atom. The van der Waals surface area contributed by atoms with Gasteiger partial charge in [0.2, 0.25) is 0 Å². The van der Waals surface area contributed by atoms with Gasteiger partial charge in [0.25, 0.3) is 0 Å². The molecule has 1 rings (SSSR count). The summed E-state index contributed by atoms with van der Waals surface area (Å²) in [5.74, 6) is 0.116. The number of carbonyl (C=O) groups excluding carboxylic acids is 2. The van der Waals surface area contributed by atoms with Crippen LogP contribution in [0, 0.1) is 0 Å². The maximum absolute atomic E-state index is 11.3. The van der Waals surface area contributed by atoms with E-state index in [0.29, 0.717) is 11.3 Å². The van der Waals surface area contributed by atoms with E-state index in [9.17, 15) is 14.7 Å². The molecule has 5 heteroatoms. The van der Waals surface area contributed by atoms with Crippen LogP contribution in [0.4, 0.5) is 0 Å². The van der Waals surface area contributed by atoms with Crippen molar-refractivity contribution >= 4 is 23.5 Å². The molecule has 0 aromatic carbocycles. The zero-order chi connectivity index (χ0) is 11.4. The van der Waals surface area contributed by atoms with Gasteiger partial charge in [0.15, 0.2) is 5.78 Å². The minimum Gasteiger partial charge on any atom is -0.468 e. The van der Waals surface area contributed by atoms with E-state index in [0.717, 1.165) is 0 Å². The molecule has 1 aliphatic rings. The molecule has 0 aliphatic heterocycles. The molecule has 0 amide bonds. The molecule has 1 N–H and O–H groups in total. The maximum atomic E-state index is 11.3. The smallest absolute Gasteiger partial charge is 0.318 e. The molecule has 2 unspecified atom stereocenters. The molecule has 4 nitrogen and oxygen atoms in total. The van der Waals surface area contributed by atoms with Crippen LogP contribution < -0.4 is 0 Å². The lowest BCUT2D eigenvalue weighted by molar-refractivity contribution is -0.139. The first kappa shape index (κ1) is 12.3. The van der Waals surface area contributed by atoms with Gasteiger partial charge in [-0.1, -0.05) is 0 Å². The fraction of sp³-hybridized carbons (Fsp3) is 0.600. The topological polar surface area (TPSA) is 63.6 Å². The highest BCUT2D eigenvalue weighted by atomic mass is 32.2. The Balaban J connectivity index is 2.40. The lowest BCUT2D eigenvalue weighted by Gasteiger charge is -2.08. The Bertz CT molecular complexity index is 298. The fourth-order valence-corrected chi connectivity index (χ4v) is 2.20. The minimum atomic E-state index is -0.651. The molecule has 0 fully saturated rings. The standard InChI is InChI=1S/C10H14O4S/c1-6(10(13)14-2)15-5-7-3-8(11)4-9(7)12/h3,6,8,11H,4-5H2,1-2H3. The van der Waals surface area contributed by atoms with Crippen molar-refractivity contribution in [2.45, 2.75) is 24.7 Å². The van der Waals surface area contributed by atoms with Crippen molar-refractivity contribution in [2.75, 3.05) is 12.9 Å². The maximum Gasteiger partial charge on any atom is 0.318 e. The van der Waals surface area contributed by atoms with E-state index >= 15 is 0 Å². The number of methoxy groups -OCH3 is 1. The highest BCUT2D eigenvalue weighted by molar-refractivity contribution is 8.00. The van der Waals surface area contributed by atoms with Crippen LogP contribution in [-0.4, -0.2) is 41.1 Å². The molecule has 0 saturated carbocycles. The van der Waals surface area contributed by atoms with E-state index in [2.05, 4.69) is 4.74 Å². The number of aliphatic hydroxyl groups excluding tert-OH is 1. The van der Waals surface area contributed by atoms with Crippen LogP contribution in [-0.2, 0) is 14.3 Å². The van der Waals surface area contributed by atoms with Crippen molar-refractivity contribution in [1.82, 2.24) is 0 Å². The average molecular weight is 230 g/mol. The third-order valence-electron chi connectivity index (χ3n) is 2.17. The number of thioether (sulfide) groups is 1. The Hall–Kier alpha value is -0.810. The van der Waals surface area contributed by atoms with Gasteiger partial charge in [0.1, 0.15) is 0 Å². The van der Waals surface area contributed by atoms with Crippen molar-refractivity contribution < 1.29 is 19.4 Å². The number of hydrogen-bond acceptors (Lipinski definition) is 5. The Morgan fingerprint density at radius 2 is 2.47 bits per heavy atom. The first-order chi connectivity index (χ1) is 7.04. The monoisotopic (exact) mass is 230 g/mol. The highest BCUT2D eigenvalue weighted by Gasteiger charge is 2.23. The molecule has 0 bridgehead atoms. The zero-order valence-electron chi connectivity index (χ0n) is 8.73. The summed E-state index contributed by atoms with van der Waals surface area (Å²) in [4.78, 5) is 22.3. The second-order valence-corrected chi connectivity index (χ2v) is 4.69. The predicted molar refractivity (Wildman–Crippen MR) is 57.6 cm³/mol. The van der Waals surface area contributed by atoms with Gasteiger partial charge < -0.3 is 9.84 Å². The van der Waals surface area contributed by atoms with Crippen LogP contribution in [0.3, 0.4) is 0 Å². The number of ketones is 1. The molecular weight excluding hydrogens is 216 g/mol. The van der Waals surface area contributed by atoms with E-state index in [1.807, 2.05) is 0 Å². The summed E-state index contributed by atoms with van der Waals surface area (Å²) in [6, 6.07) is 0. The third kappa shape index (κ3) is 3.35. The molecule has 1 aliphatic carbocycles. The lowest BCUT2D eigenvalue weighted by Crippen LogP contribution is -2.16. The van der Waals surface area contributed by atoms with Gasteiger partial charge in [-0.05, 0) is 13.0 Å². The molecule has 15 heavy (non-hydrogen) atoms. The van der Waals surface area contributed by atoms with Gasteiger partial charge in [-0.2, -0.15) is 0 Å². The van der Waals surface area contributed by atoms with E-state index in [4.69, 9.17) is 0 Å². The predicted octanol–water partition coefficient (Wildman–Crippen LogP) is 0.541. The summed E-state index contributed by atoms with van der Waals surface area (Å²) in [6.07, 6.45) is 1.07. The van der Waals surface area contributed by atoms with Crippen LogP contribution in [0.25, 0.3) is 0 Å². The van der Waals surface area contributed by atoms with Crippen LogP contribution >= 0.6 is 11.8 Å². The molecule has 0 aromatic rings. The van der Waals surface area contributed by atoms with Gasteiger partial charge >= 0.3 is 5.97 Å². The van der Waals surface area contributed by atoms with Crippen LogP contribution in [0.1, 0.15) is 13.3 Å². The second-order valence-electron chi connectivity index (χ2n) is 3.36. The molecule has 2 atom stereocenters. The largest absolute Gasteiger partial charge is 0.468 e. The third-order valence-corrected chi connectivity index (χ3v) is 3.34. The van der Waals surface area contributed by atoms with E-state index < -0.39 is 6.10 Å². The summed E-state index contributed by atoms with van der Waals surface area (Å²) >= 11 is 1.34. The second kappa shape index (κ2) is 5.32. The Labute approximate surface area is 92.7 Å². The summed E-state index contributed by atoms with van der Waals surface area (Å²) < 4.78 is 4.56. The van der Waals surface area contributed by atoms with Crippen molar-refractivity contribution in [3.05, 3.63) is 11.6 Å². The van der Waals surface area contributed by atoms with Gasteiger partial charge in [-0.3, -0.25) is 9.59 Å². The number of esters is 1. The van der Waals surface area contributed by atoms with E-state index in [-0.39, 0.29) is 23.4 Å². The average Bonchev–Trinajstić information content (AvgIpc) is 2.52. The molecule has 0 spiro atoms. The first-order valence-corrected chi connectivity index (χ1v) is 5.71. The SMILES string of the molecule is COC(=O)C(C)SCC1=CC(O)CC1=O. The summed E-state index contributed by atoms with van der Waals surface area (Å²) in [6.45, 7) is 1.73. The summed E-state index contributed by atoms with van der Waals surface area (Å²) in [5, 5.41) is 8.90. The molecule has 0 radical (unpaired) electrons. The number of carbonyl (C=O) groups is 2. The van der Waals surface area contributed by atoms with E-state index in [1.165, 1.54) is 18.9 Å².